The lowest BCUT2D eigenvalue weighted by Gasteiger charge is -2.20. The van der Waals surface area contributed by atoms with Gasteiger partial charge in [0.05, 0.1) is 22.8 Å². The van der Waals surface area contributed by atoms with Crippen molar-refractivity contribution in [2.75, 3.05) is 18.6 Å². The number of urea groups is 1. The highest BCUT2D eigenvalue weighted by atomic mass is 32.2. The van der Waals surface area contributed by atoms with Gasteiger partial charge in [0.15, 0.2) is 0 Å². The largest absolute Gasteiger partial charge is 0.340 e. The molecular weight excluding hydrogens is 316 g/mol. The first-order chi connectivity index (χ1) is 10.8. The third-order valence-electron chi connectivity index (χ3n) is 3.41. The molecule has 1 atom stereocenters. The van der Waals surface area contributed by atoms with E-state index in [9.17, 15) is 13.2 Å². The lowest BCUT2D eigenvalue weighted by molar-refractivity contribution is 0.233. The van der Waals surface area contributed by atoms with Gasteiger partial charge in [-0.25, -0.2) is 18.2 Å². The molecular formula is C15H22N4O3S. The minimum Gasteiger partial charge on any atom is -0.340 e. The summed E-state index contributed by atoms with van der Waals surface area (Å²) in [4.78, 5) is 19.7. The van der Waals surface area contributed by atoms with E-state index < -0.39 is 15.9 Å². The number of imidazole rings is 1. The monoisotopic (exact) mass is 338 g/mol. The molecule has 0 saturated heterocycles. The smallest absolute Gasteiger partial charge is 0.315 e. The molecule has 2 amide bonds. The maximum absolute atomic E-state index is 12.0. The molecule has 3 N–H and O–H groups in total. The number of hydrogen-bond acceptors (Lipinski definition) is 4. The molecule has 0 aliphatic heterocycles. The third kappa shape index (κ3) is 4.95. The van der Waals surface area contributed by atoms with E-state index >= 15 is 0 Å². The van der Waals surface area contributed by atoms with Crippen LogP contribution >= 0.6 is 0 Å². The number of rotatable bonds is 6. The molecule has 8 heteroatoms. The minimum atomic E-state index is -3.10. The van der Waals surface area contributed by atoms with Gasteiger partial charge < -0.3 is 15.6 Å². The molecule has 2 rings (SSSR count). The van der Waals surface area contributed by atoms with Crippen molar-refractivity contribution in [1.29, 1.82) is 0 Å². The Bertz CT molecular complexity index is 750. The summed E-state index contributed by atoms with van der Waals surface area (Å²) in [5.74, 6) is 0.716. The van der Waals surface area contributed by atoms with Crippen molar-refractivity contribution in [2.24, 2.45) is 5.92 Å². The van der Waals surface area contributed by atoms with Crippen molar-refractivity contribution >= 4 is 26.9 Å². The van der Waals surface area contributed by atoms with E-state index in [4.69, 9.17) is 0 Å². The summed E-state index contributed by atoms with van der Waals surface area (Å²) >= 11 is 0. The number of hydrogen-bond donors (Lipinski definition) is 3. The Morgan fingerprint density at radius 2 is 2.00 bits per heavy atom. The van der Waals surface area contributed by atoms with Gasteiger partial charge in [-0.15, -0.1) is 0 Å². The molecule has 1 aromatic carbocycles. The number of amides is 2. The number of para-hydroxylation sites is 2. The van der Waals surface area contributed by atoms with Gasteiger partial charge >= 0.3 is 6.03 Å². The second kappa shape index (κ2) is 6.99. The van der Waals surface area contributed by atoms with Crippen LogP contribution in [0, 0.1) is 5.92 Å². The van der Waals surface area contributed by atoms with Crippen LogP contribution in [0.4, 0.5) is 4.79 Å². The van der Waals surface area contributed by atoms with Crippen molar-refractivity contribution in [2.45, 2.75) is 19.9 Å². The predicted molar refractivity (Wildman–Crippen MR) is 89.9 cm³/mol. The number of fused-ring (bicyclic) bond motifs is 1. The fourth-order valence-corrected chi connectivity index (χ4v) is 2.69. The van der Waals surface area contributed by atoms with Gasteiger partial charge in [0, 0.05) is 12.8 Å². The molecule has 126 valence electrons. The normalized spacial score (nSPS) is 13.2. The standard InChI is InChI=1S/C15H22N4O3S/c1-10(2)13(19-15(20)16-8-9-23(3,21)22)14-17-11-6-4-5-7-12(11)18-14/h4-7,10,13H,8-9H2,1-3H3,(H,17,18)(H2,16,19,20)/t13-/m0/s1. The van der Waals surface area contributed by atoms with Crippen LogP contribution < -0.4 is 10.6 Å². The van der Waals surface area contributed by atoms with Gasteiger partial charge in [-0.2, -0.15) is 0 Å². The van der Waals surface area contributed by atoms with Crippen LogP contribution in [0.3, 0.4) is 0 Å². The van der Waals surface area contributed by atoms with E-state index in [2.05, 4.69) is 20.6 Å². The number of aromatic nitrogens is 2. The molecule has 0 bridgehead atoms. The molecule has 0 unspecified atom stereocenters. The molecule has 23 heavy (non-hydrogen) atoms. The number of carbonyl (C=O) groups is 1. The summed E-state index contributed by atoms with van der Waals surface area (Å²) in [5.41, 5.74) is 1.75. The quantitative estimate of drug-likeness (QED) is 0.744. The van der Waals surface area contributed by atoms with Crippen LogP contribution in [0.2, 0.25) is 0 Å². The van der Waals surface area contributed by atoms with E-state index in [1.165, 1.54) is 0 Å². The summed E-state index contributed by atoms with van der Waals surface area (Å²) in [6, 6.07) is 6.95. The summed E-state index contributed by atoms with van der Waals surface area (Å²) < 4.78 is 22.2. The zero-order valence-corrected chi connectivity index (χ0v) is 14.3. The SMILES string of the molecule is CC(C)[C@H](NC(=O)NCCS(C)(=O)=O)c1nc2ccccc2[nH]1. The molecule has 0 spiro atoms. The average molecular weight is 338 g/mol. The van der Waals surface area contributed by atoms with Crippen LogP contribution in [0.1, 0.15) is 25.7 Å². The maximum atomic E-state index is 12.0. The molecule has 0 aliphatic rings. The van der Waals surface area contributed by atoms with Crippen molar-refractivity contribution in [3.63, 3.8) is 0 Å². The Morgan fingerprint density at radius 3 is 2.61 bits per heavy atom. The third-order valence-corrected chi connectivity index (χ3v) is 4.36. The number of benzene rings is 1. The van der Waals surface area contributed by atoms with Crippen molar-refractivity contribution in [1.82, 2.24) is 20.6 Å². The predicted octanol–water partition coefficient (Wildman–Crippen LogP) is 1.60. The Balaban J connectivity index is 2.05. The molecule has 0 saturated carbocycles. The Hall–Kier alpha value is -2.09. The summed E-state index contributed by atoms with van der Waals surface area (Å²) in [5, 5.41) is 5.40. The van der Waals surface area contributed by atoms with Crippen LogP contribution in [-0.2, 0) is 9.84 Å². The zero-order chi connectivity index (χ0) is 17.0. The molecule has 1 aromatic heterocycles. The fraction of sp³-hybridized carbons (Fsp3) is 0.467. The first kappa shape index (κ1) is 17.3. The van der Waals surface area contributed by atoms with Crippen molar-refractivity contribution < 1.29 is 13.2 Å². The van der Waals surface area contributed by atoms with Crippen LogP contribution in [0.5, 0.6) is 0 Å². The van der Waals surface area contributed by atoms with Crippen molar-refractivity contribution in [3.05, 3.63) is 30.1 Å². The first-order valence-corrected chi connectivity index (χ1v) is 9.49. The molecule has 0 fully saturated rings. The van der Waals surface area contributed by atoms with E-state index in [0.29, 0.717) is 5.82 Å². The van der Waals surface area contributed by atoms with Crippen LogP contribution in [0.15, 0.2) is 24.3 Å². The van der Waals surface area contributed by atoms with Gasteiger partial charge in [0.2, 0.25) is 0 Å². The van der Waals surface area contributed by atoms with E-state index in [0.717, 1.165) is 17.3 Å². The second-order valence-corrected chi connectivity index (χ2v) is 8.15. The van der Waals surface area contributed by atoms with Gasteiger partial charge in [-0.1, -0.05) is 26.0 Å². The highest BCUT2D eigenvalue weighted by Gasteiger charge is 2.21. The number of carbonyl (C=O) groups excluding carboxylic acids is 1. The highest BCUT2D eigenvalue weighted by molar-refractivity contribution is 7.90. The number of nitrogens with one attached hydrogen (secondary N) is 3. The average Bonchev–Trinajstić information content (AvgIpc) is 2.86. The number of aromatic amines is 1. The van der Waals surface area contributed by atoms with Gasteiger partial charge in [0.25, 0.3) is 0 Å². The topological polar surface area (TPSA) is 104 Å². The molecule has 0 radical (unpaired) electrons. The van der Waals surface area contributed by atoms with Crippen LogP contribution in [-0.4, -0.2) is 43.0 Å². The minimum absolute atomic E-state index is 0.0790. The number of sulfone groups is 1. The summed E-state index contributed by atoms with van der Waals surface area (Å²) in [7, 11) is -3.10. The molecule has 2 aromatic rings. The second-order valence-electron chi connectivity index (χ2n) is 5.89. The van der Waals surface area contributed by atoms with Gasteiger partial charge in [0.1, 0.15) is 15.7 Å². The lowest BCUT2D eigenvalue weighted by atomic mass is 10.0. The van der Waals surface area contributed by atoms with Gasteiger partial charge in [-0.3, -0.25) is 0 Å². The molecule has 0 aliphatic carbocycles. The molecule has 7 nitrogen and oxygen atoms in total. The number of H-pyrrole nitrogens is 1. The maximum Gasteiger partial charge on any atom is 0.315 e. The Labute approximate surface area is 135 Å². The van der Waals surface area contributed by atoms with E-state index in [1.54, 1.807) is 0 Å². The molecule has 1 heterocycles. The summed E-state index contributed by atoms with van der Waals surface area (Å²) in [6.07, 6.45) is 1.14. The first-order valence-electron chi connectivity index (χ1n) is 7.43. The Kier molecular flexibility index (Phi) is 5.25. The van der Waals surface area contributed by atoms with Crippen molar-refractivity contribution in [3.8, 4) is 0 Å². The Morgan fingerprint density at radius 1 is 1.30 bits per heavy atom. The van der Waals surface area contributed by atoms with Crippen LogP contribution in [0.25, 0.3) is 11.0 Å². The fourth-order valence-electron chi connectivity index (χ4n) is 2.21. The number of nitrogens with zero attached hydrogens (tertiary/aromatic N) is 1. The summed E-state index contributed by atoms with van der Waals surface area (Å²) in [6.45, 7) is 4.04. The lowest BCUT2D eigenvalue weighted by Crippen LogP contribution is -2.41. The van der Waals surface area contributed by atoms with Gasteiger partial charge in [-0.05, 0) is 18.1 Å². The zero-order valence-electron chi connectivity index (χ0n) is 13.5. The highest BCUT2D eigenvalue weighted by Crippen LogP contribution is 2.21. The van der Waals surface area contributed by atoms with E-state index in [1.807, 2.05) is 38.1 Å². The van der Waals surface area contributed by atoms with E-state index in [-0.39, 0.29) is 24.3 Å².